The maximum absolute atomic E-state index is 13.6. The number of ether oxygens (including phenoxy) is 7. The highest BCUT2D eigenvalue weighted by molar-refractivity contribution is 5.71. The number of esters is 4. The molecule has 5 saturated heterocycles. The summed E-state index contributed by atoms with van der Waals surface area (Å²) in [5.41, 5.74) is -3.46. The van der Waals surface area contributed by atoms with Crippen LogP contribution in [0.2, 0.25) is 0 Å². The van der Waals surface area contributed by atoms with E-state index in [-0.39, 0.29) is 100 Å². The lowest BCUT2D eigenvalue weighted by Crippen LogP contribution is -2.54. The Kier molecular flexibility index (Phi) is 45.9. The van der Waals surface area contributed by atoms with Crippen LogP contribution in [0.1, 0.15) is 275 Å². The zero-order valence-corrected chi connectivity index (χ0v) is 73.2. The highest BCUT2D eigenvalue weighted by Gasteiger charge is 2.35. The van der Waals surface area contributed by atoms with Gasteiger partial charge in [-0.2, -0.15) is 0 Å². The number of amides is 2. The fraction of sp³-hybridized carbons (Fsp3) is 0.859. The maximum atomic E-state index is 13.6. The molecule has 15 unspecified atom stereocenters. The summed E-state index contributed by atoms with van der Waals surface area (Å²) in [4.78, 5) is 165. The monoisotopic (exact) mass is 1660 g/mol. The van der Waals surface area contributed by atoms with E-state index in [1.54, 1.807) is 7.11 Å². The molecule has 668 valence electrons. The van der Waals surface area contributed by atoms with E-state index in [1.807, 2.05) is 34.6 Å². The number of rotatable bonds is 64. The third-order valence-corrected chi connectivity index (χ3v) is 22.5. The van der Waals surface area contributed by atoms with Crippen molar-refractivity contribution < 1.29 is 61.9 Å². The number of hydrogen-bond donors (Lipinski definition) is 2. The van der Waals surface area contributed by atoms with Gasteiger partial charge in [0.15, 0.2) is 0 Å². The van der Waals surface area contributed by atoms with Gasteiger partial charge in [0.05, 0.1) is 6.61 Å². The lowest BCUT2D eigenvalue weighted by Gasteiger charge is -2.15. The summed E-state index contributed by atoms with van der Waals surface area (Å²) in [6.45, 7) is 32.2. The van der Waals surface area contributed by atoms with Gasteiger partial charge in [0.2, 0.25) is 0 Å². The van der Waals surface area contributed by atoms with E-state index in [0.717, 1.165) is 200 Å². The van der Waals surface area contributed by atoms with Crippen LogP contribution in [0.3, 0.4) is 0 Å². The number of hydrogen-bond acceptors (Lipinski definition) is 24. The van der Waals surface area contributed by atoms with E-state index in [1.165, 1.54) is 27.4 Å². The van der Waals surface area contributed by atoms with Gasteiger partial charge in [-0.25, -0.2) is 65.8 Å². The van der Waals surface area contributed by atoms with Gasteiger partial charge in [0, 0.05) is 181 Å². The summed E-state index contributed by atoms with van der Waals surface area (Å²) < 4.78 is 44.7. The second-order valence-corrected chi connectivity index (χ2v) is 33.9. The minimum Gasteiger partial charge on any atom is -0.463 e. The van der Waals surface area contributed by atoms with E-state index < -0.39 is 46.3 Å². The van der Waals surface area contributed by atoms with E-state index >= 15 is 0 Å². The van der Waals surface area contributed by atoms with Crippen LogP contribution in [-0.2, 0) is 91.6 Å². The van der Waals surface area contributed by atoms with Crippen LogP contribution >= 0.6 is 0 Å². The molecule has 15 atom stereocenters. The van der Waals surface area contributed by atoms with E-state index in [4.69, 9.17) is 33.2 Å². The summed E-state index contributed by atoms with van der Waals surface area (Å²) in [5, 5.41) is 5.61. The van der Waals surface area contributed by atoms with Crippen LogP contribution in [0.25, 0.3) is 0 Å². The molecule has 5 aliphatic heterocycles. The van der Waals surface area contributed by atoms with E-state index in [9.17, 15) is 57.5 Å². The molecule has 2 aromatic rings. The summed E-state index contributed by atoms with van der Waals surface area (Å²) in [7, 11) is 1.55. The summed E-state index contributed by atoms with van der Waals surface area (Å²) in [6.07, 6.45) is 20.8. The topological polar surface area (TPSA) is 338 Å². The van der Waals surface area contributed by atoms with E-state index in [2.05, 4.69) is 69.8 Å². The number of carbonyl (C=O) groups excluding carboxylic acids is 6. The van der Waals surface area contributed by atoms with Crippen molar-refractivity contribution in [3.8, 4) is 0 Å². The predicted octanol–water partition coefficient (Wildman–Crippen LogP) is 8.56. The van der Waals surface area contributed by atoms with Gasteiger partial charge in [-0.1, -0.05) is 103 Å². The lowest BCUT2D eigenvalue weighted by atomic mass is 10.1. The fourth-order valence-corrected chi connectivity index (χ4v) is 14.9. The zero-order chi connectivity index (χ0) is 85.2. The van der Waals surface area contributed by atoms with Crippen molar-refractivity contribution >= 4 is 36.1 Å². The van der Waals surface area contributed by atoms with Gasteiger partial charge in [-0.05, 0) is 146 Å². The lowest BCUT2D eigenvalue weighted by molar-refractivity contribution is -0.149. The molecule has 2 amide bonds. The number of alkyl carbamates (subject to hydrolysis) is 2. The highest BCUT2D eigenvalue weighted by Crippen LogP contribution is 2.22. The van der Waals surface area contributed by atoms with Crippen LogP contribution in [0.5, 0.6) is 0 Å². The molecule has 5 fully saturated rings. The quantitative estimate of drug-likeness (QED) is 0.0271. The normalized spacial score (nSPS) is 21.3. The number of unbranched alkanes of at least 4 members (excludes halogenated alkanes) is 22. The Morgan fingerprint density at radius 1 is 0.291 bits per heavy atom. The van der Waals surface area contributed by atoms with Gasteiger partial charge < -0.3 is 43.8 Å². The summed E-state index contributed by atoms with van der Waals surface area (Å²) >= 11 is 0. The predicted molar refractivity (Wildman–Crippen MR) is 449 cm³/mol. The number of carbonyl (C=O) groups is 6. The second kappa shape index (κ2) is 54.3. The Morgan fingerprint density at radius 2 is 0.487 bits per heavy atom. The minimum atomic E-state index is -0.583. The highest BCUT2D eigenvalue weighted by atomic mass is 16.6. The Morgan fingerprint density at radius 3 is 0.709 bits per heavy atom. The first kappa shape index (κ1) is 98.8. The third-order valence-electron chi connectivity index (χ3n) is 22.5. The maximum Gasteiger partial charge on any atom is 0.407 e. The Bertz CT molecular complexity index is 3380. The van der Waals surface area contributed by atoms with Crippen LogP contribution in [0.15, 0.2) is 28.8 Å². The van der Waals surface area contributed by atoms with Gasteiger partial charge in [-0.15, -0.1) is 0 Å². The van der Waals surface area contributed by atoms with Crippen LogP contribution < -0.4 is 44.8 Å². The SMILES string of the molecule is CC(CN1CC1C)OC(=O)CCCCCCCn1c(=O)n(CCCCCCCC(=O)OC(C)CN2CC2C)c(=O)n(CCCCCCNC(=O)OC(C)CN2CC2C)c1=O.COCCOC(=O)CCCCCCCn1c(=O)n(CCCCCCCC(=O)OC(C)CN2CC2C)c(=O)n(CCCCCCNC(=O)OC(C)CN2CC2C)c1=O. The second-order valence-electron chi connectivity index (χ2n) is 33.9. The number of nitrogens with zero attached hydrogens (tertiary/aromatic N) is 11. The first-order chi connectivity index (χ1) is 56.1. The largest absolute Gasteiger partial charge is 0.463 e. The molecule has 2 N–H and O–H groups in total. The molecule has 0 spiro atoms. The molecule has 0 aromatic carbocycles. The molecule has 32 nitrogen and oxygen atoms in total. The van der Waals surface area contributed by atoms with Crippen LogP contribution in [0, 0.1) is 0 Å². The van der Waals surface area contributed by atoms with Crippen molar-refractivity contribution in [3.05, 3.63) is 62.9 Å². The molecule has 0 radical (unpaired) electrons. The van der Waals surface area contributed by atoms with Gasteiger partial charge >= 0.3 is 70.2 Å². The van der Waals surface area contributed by atoms with Crippen molar-refractivity contribution in [2.45, 2.75) is 375 Å². The Hall–Kier alpha value is -7.00. The summed E-state index contributed by atoms with van der Waals surface area (Å²) in [6, 6.07) is 2.83. The average Bonchev–Trinajstić information content (AvgIpc) is 1.58. The molecule has 0 aliphatic carbocycles. The Labute approximate surface area is 694 Å². The van der Waals surface area contributed by atoms with Crippen LogP contribution in [0.4, 0.5) is 9.59 Å². The molecular formula is C85H149N13O19. The summed E-state index contributed by atoms with van der Waals surface area (Å²) in [5.74, 6) is -0.773. The number of aromatic nitrogens is 6. The molecule has 7 heterocycles. The number of methoxy groups -OCH3 is 1. The van der Waals surface area contributed by atoms with Gasteiger partial charge in [0.25, 0.3) is 0 Å². The fourth-order valence-electron chi connectivity index (χ4n) is 14.9. The zero-order valence-electron chi connectivity index (χ0n) is 73.2. The first-order valence-electron chi connectivity index (χ1n) is 44.8. The molecule has 0 saturated carbocycles. The van der Waals surface area contributed by atoms with Crippen molar-refractivity contribution in [1.82, 2.24) is 62.5 Å². The van der Waals surface area contributed by atoms with Crippen molar-refractivity contribution in [2.75, 3.05) is 98.9 Å². The Balaban J connectivity index is 0.000000364. The van der Waals surface area contributed by atoms with Crippen LogP contribution in [-0.4, -0.2) is 248 Å². The number of nitrogens with one attached hydrogen (secondary N) is 2. The molecule has 2 aromatic heterocycles. The first-order valence-corrected chi connectivity index (χ1v) is 44.8. The third kappa shape index (κ3) is 40.3. The molecule has 5 aliphatic rings. The van der Waals surface area contributed by atoms with Crippen molar-refractivity contribution in [1.29, 1.82) is 0 Å². The van der Waals surface area contributed by atoms with Crippen molar-refractivity contribution in [3.63, 3.8) is 0 Å². The van der Waals surface area contributed by atoms with Crippen molar-refractivity contribution in [2.24, 2.45) is 0 Å². The molecule has 32 heteroatoms. The molecule has 7 rings (SSSR count). The molecular weight excluding hydrogens is 1510 g/mol. The molecule has 117 heavy (non-hydrogen) atoms. The average molecular weight is 1660 g/mol. The standard InChI is InChI=1S/C44H77N7O9.C41H72N6O10/c1-33-27-46(33)30-36(4)58-39(52)21-15-9-7-12-18-24-49-42(55)50(25-19-13-8-10-16-22-40(53)59-37(5)31-47-28-34(47)2)44(57)51(43(49)56)26-20-14-11-17-23-45-41(54)60-38(6)32-48-29-35(48)3;1-32-28-43(32)30-34(3)56-37(49)21-15-9-7-12-18-24-46-39(51)45(23-17-11-6-8-14-20-36(48)55-27-26-54-5)40(52)47(41(46)53)25-19-13-10-16-22-42-38(50)57-35(4)31-44-29-33(44)2/h33-38H,7-32H2,1-6H3,(H,45,54);32-35H,6-31H2,1-5H3,(H,42,50). The van der Waals surface area contributed by atoms with Gasteiger partial charge in [0.1, 0.15) is 37.1 Å². The smallest absolute Gasteiger partial charge is 0.407 e. The molecule has 0 bridgehead atoms. The minimum absolute atomic E-state index is 0.115. The van der Waals surface area contributed by atoms with E-state index in [0.29, 0.717) is 121 Å². The van der Waals surface area contributed by atoms with Gasteiger partial charge in [-0.3, -0.25) is 43.7 Å².